The number of halogens is 1. The van der Waals surface area contributed by atoms with Crippen molar-refractivity contribution in [1.82, 2.24) is 29.7 Å². The summed E-state index contributed by atoms with van der Waals surface area (Å²) in [6.45, 7) is 1.39. The van der Waals surface area contributed by atoms with Crippen molar-refractivity contribution in [2.75, 3.05) is 38.6 Å². The molecule has 3 heterocycles. The number of carbonyl (C=O) groups excluding carboxylic acids is 2. The second-order valence-electron chi connectivity index (χ2n) is 7.79. The first kappa shape index (κ1) is 29.2. The number of hydrogen-bond acceptors (Lipinski definition) is 12. The summed E-state index contributed by atoms with van der Waals surface area (Å²) in [6, 6.07) is 0. The number of nitrogens with one attached hydrogen (secondary N) is 3. The van der Waals surface area contributed by atoms with E-state index in [1.165, 1.54) is 0 Å². The lowest BCUT2D eigenvalue weighted by Gasteiger charge is -2.24. The SMILES string of the molecule is C#CC1(F)C(O)C(COP(=O)(NCC(=O)OCC)NCC(=O)OCC)OC1n1cnc2c(=O)[nH]c(N)nc21. The summed E-state index contributed by atoms with van der Waals surface area (Å²) in [5.41, 5.74) is 1.65. The number of aliphatic hydroxyl groups is 1. The Morgan fingerprint density at radius 3 is 2.50 bits per heavy atom. The average Bonchev–Trinajstić information content (AvgIpc) is 3.40. The van der Waals surface area contributed by atoms with Crippen LogP contribution in [0, 0.1) is 12.3 Å². The van der Waals surface area contributed by atoms with Crippen LogP contribution in [0.25, 0.3) is 11.2 Å². The molecule has 4 unspecified atom stereocenters. The quantitative estimate of drug-likeness (QED) is 0.116. The predicted octanol–water partition coefficient (Wildman–Crippen LogP) is -1.27. The Kier molecular flexibility index (Phi) is 9.20. The van der Waals surface area contributed by atoms with Gasteiger partial charge in [-0.1, -0.05) is 5.92 Å². The fourth-order valence-electron chi connectivity index (χ4n) is 3.51. The number of ether oxygens (including phenoxy) is 3. The topological polar surface area (TPSA) is 222 Å². The van der Waals surface area contributed by atoms with Gasteiger partial charge in [0.25, 0.3) is 5.56 Å². The first-order valence-electron chi connectivity index (χ1n) is 11.3. The highest BCUT2D eigenvalue weighted by Crippen LogP contribution is 2.44. The number of nitrogens with two attached hydrogens (primary N) is 1. The van der Waals surface area contributed by atoms with Gasteiger partial charge < -0.3 is 29.6 Å². The number of hydrogen-bond donors (Lipinski definition) is 5. The highest BCUT2D eigenvalue weighted by atomic mass is 31.2. The number of esters is 2. The lowest BCUT2D eigenvalue weighted by Crippen LogP contribution is -2.42. The third kappa shape index (κ3) is 6.18. The van der Waals surface area contributed by atoms with E-state index >= 15 is 4.39 Å². The van der Waals surface area contributed by atoms with E-state index in [1.807, 2.05) is 5.92 Å². The van der Waals surface area contributed by atoms with E-state index < -0.39 is 69.0 Å². The molecule has 208 valence electrons. The van der Waals surface area contributed by atoms with Gasteiger partial charge in [-0.3, -0.25) is 28.5 Å². The minimum Gasteiger partial charge on any atom is -0.465 e. The Hall–Kier alpha value is -3.39. The fourth-order valence-corrected chi connectivity index (χ4v) is 4.84. The van der Waals surface area contributed by atoms with E-state index in [1.54, 1.807) is 13.8 Å². The van der Waals surface area contributed by atoms with Crippen LogP contribution in [-0.2, 0) is 32.9 Å². The van der Waals surface area contributed by atoms with Crippen molar-refractivity contribution in [3.05, 3.63) is 16.7 Å². The van der Waals surface area contributed by atoms with Crippen LogP contribution in [0.3, 0.4) is 0 Å². The molecular formula is C20H27FN7O9P. The number of fused-ring (bicyclic) bond motifs is 1. The molecule has 0 spiro atoms. The van der Waals surface area contributed by atoms with Gasteiger partial charge in [0.05, 0.1) is 26.1 Å². The number of nitrogens with zero attached hydrogens (tertiary/aromatic N) is 3. The lowest BCUT2D eigenvalue weighted by molar-refractivity contribution is -0.142. The molecular weight excluding hydrogens is 532 g/mol. The number of imidazole rings is 1. The van der Waals surface area contributed by atoms with Crippen LogP contribution in [-0.4, -0.2) is 87.4 Å². The van der Waals surface area contributed by atoms with Crippen LogP contribution < -0.4 is 21.5 Å². The molecule has 0 aliphatic carbocycles. The van der Waals surface area contributed by atoms with E-state index in [0.29, 0.717) is 0 Å². The van der Waals surface area contributed by atoms with Crippen molar-refractivity contribution in [2.45, 2.75) is 38.0 Å². The van der Waals surface area contributed by atoms with Crippen molar-refractivity contribution < 1.29 is 42.4 Å². The molecule has 4 atom stereocenters. The molecule has 1 fully saturated rings. The van der Waals surface area contributed by atoms with Crippen molar-refractivity contribution >= 4 is 36.7 Å². The molecule has 6 N–H and O–H groups in total. The maximum Gasteiger partial charge on any atom is 0.341 e. The van der Waals surface area contributed by atoms with E-state index in [4.69, 9.17) is 30.9 Å². The third-order valence-electron chi connectivity index (χ3n) is 5.26. The summed E-state index contributed by atoms with van der Waals surface area (Å²) in [7, 11) is -4.20. The Labute approximate surface area is 214 Å². The van der Waals surface area contributed by atoms with Gasteiger partial charge in [-0.25, -0.2) is 19.5 Å². The molecule has 2 aromatic heterocycles. The number of rotatable bonds is 12. The Balaban J connectivity index is 1.82. The van der Waals surface area contributed by atoms with Gasteiger partial charge >= 0.3 is 19.6 Å². The van der Waals surface area contributed by atoms with Crippen LogP contribution in [0.2, 0.25) is 0 Å². The smallest absolute Gasteiger partial charge is 0.341 e. The number of aromatic amines is 1. The normalized spacial score (nSPS) is 23.3. The molecule has 0 radical (unpaired) electrons. The minimum absolute atomic E-state index is 0.0609. The summed E-state index contributed by atoms with van der Waals surface area (Å²) in [4.78, 5) is 45.6. The number of nitrogen functional groups attached to an aromatic ring is 1. The highest BCUT2D eigenvalue weighted by molar-refractivity contribution is 7.54. The molecule has 0 saturated carbocycles. The molecule has 16 nitrogen and oxygen atoms in total. The molecule has 38 heavy (non-hydrogen) atoms. The van der Waals surface area contributed by atoms with Crippen molar-refractivity contribution in [3.8, 4) is 12.3 Å². The minimum atomic E-state index is -4.20. The first-order valence-corrected chi connectivity index (χ1v) is 12.9. The van der Waals surface area contributed by atoms with Crippen molar-refractivity contribution in [1.29, 1.82) is 0 Å². The molecule has 0 aromatic carbocycles. The van der Waals surface area contributed by atoms with E-state index in [-0.39, 0.29) is 30.3 Å². The number of alkyl halides is 1. The summed E-state index contributed by atoms with van der Waals surface area (Å²) < 4.78 is 50.6. The molecule has 1 aliphatic heterocycles. The van der Waals surface area contributed by atoms with Gasteiger partial charge in [0.2, 0.25) is 11.6 Å². The zero-order valence-electron chi connectivity index (χ0n) is 20.4. The monoisotopic (exact) mass is 559 g/mol. The molecule has 2 aromatic rings. The van der Waals surface area contributed by atoms with Crippen molar-refractivity contribution in [2.24, 2.45) is 0 Å². The molecule has 0 amide bonds. The number of aromatic nitrogens is 4. The van der Waals surface area contributed by atoms with Gasteiger partial charge in [0, 0.05) is 0 Å². The number of carbonyl (C=O) groups is 2. The van der Waals surface area contributed by atoms with Crippen molar-refractivity contribution in [3.63, 3.8) is 0 Å². The second-order valence-corrected chi connectivity index (χ2v) is 9.78. The third-order valence-corrected chi connectivity index (χ3v) is 6.93. The number of aliphatic hydroxyl groups excluding tert-OH is 1. The van der Waals surface area contributed by atoms with Gasteiger partial charge in [-0.05, 0) is 13.8 Å². The van der Waals surface area contributed by atoms with Crippen LogP contribution in [0.4, 0.5) is 10.3 Å². The standard InChI is InChI=1S/C20H27FN7O9P/c1-4-20(21)15(31)11(37-18(20)28-10-23-14-16(28)26-19(22)27-17(14)32)9-36-38(33,24-7-12(29)34-5-2)25-8-13(30)35-6-3/h1,10-11,15,18,31H,5-9H2,2-3H3,(H2,24,25,33)(H3,22,26,27,32). The van der Waals surface area contributed by atoms with Crippen LogP contribution >= 0.6 is 7.67 Å². The van der Waals surface area contributed by atoms with E-state index in [2.05, 4.69) is 25.1 Å². The maximum atomic E-state index is 15.9. The molecule has 3 rings (SSSR count). The summed E-state index contributed by atoms with van der Waals surface area (Å²) in [5, 5.41) is 15.3. The zero-order valence-corrected chi connectivity index (χ0v) is 21.3. The Morgan fingerprint density at radius 1 is 1.34 bits per heavy atom. The van der Waals surface area contributed by atoms with E-state index in [9.17, 15) is 24.1 Å². The highest BCUT2D eigenvalue weighted by Gasteiger charge is 2.58. The number of terminal acetylenes is 1. The molecule has 18 heteroatoms. The zero-order chi connectivity index (χ0) is 28.1. The van der Waals surface area contributed by atoms with Gasteiger partial charge in [-0.2, -0.15) is 4.98 Å². The Bertz CT molecular complexity index is 1300. The largest absolute Gasteiger partial charge is 0.465 e. The maximum absolute atomic E-state index is 15.9. The van der Waals surface area contributed by atoms with Gasteiger partial charge in [-0.15, -0.1) is 6.42 Å². The first-order chi connectivity index (χ1) is 18.0. The molecule has 1 aliphatic rings. The van der Waals surface area contributed by atoms with Gasteiger partial charge in [0.15, 0.2) is 17.4 Å². The fraction of sp³-hybridized carbons (Fsp3) is 0.550. The lowest BCUT2D eigenvalue weighted by atomic mass is 9.97. The Morgan fingerprint density at radius 2 is 1.95 bits per heavy atom. The molecule has 0 bridgehead atoms. The molecule has 1 saturated heterocycles. The summed E-state index contributed by atoms with van der Waals surface area (Å²) >= 11 is 0. The van der Waals surface area contributed by atoms with Crippen LogP contribution in [0.1, 0.15) is 20.1 Å². The second kappa shape index (κ2) is 12.0. The summed E-state index contributed by atoms with van der Waals surface area (Å²) in [6.07, 6.45) is 1.15. The number of H-pyrrole nitrogens is 1. The van der Waals surface area contributed by atoms with E-state index in [0.717, 1.165) is 10.9 Å². The van der Waals surface area contributed by atoms with Gasteiger partial charge in [0.1, 0.15) is 25.3 Å². The predicted molar refractivity (Wildman–Crippen MR) is 128 cm³/mol. The number of anilines is 1. The summed E-state index contributed by atoms with van der Waals surface area (Å²) in [5.74, 6) is 0.0246. The van der Waals surface area contributed by atoms with Crippen LogP contribution in [0.15, 0.2) is 11.1 Å². The average molecular weight is 559 g/mol. The van der Waals surface area contributed by atoms with Crippen LogP contribution in [0.5, 0.6) is 0 Å².